The first-order chi connectivity index (χ1) is 11.0. The third-order valence-corrected chi connectivity index (χ3v) is 5.06. The molecule has 1 saturated heterocycles. The van der Waals surface area contributed by atoms with Gasteiger partial charge in [-0.1, -0.05) is 25.8 Å². The Bertz CT molecular complexity index is 649. The lowest BCUT2D eigenvalue weighted by atomic mass is 9.73. The summed E-state index contributed by atoms with van der Waals surface area (Å²) in [4.78, 5) is 26.3. The summed E-state index contributed by atoms with van der Waals surface area (Å²) >= 11 is 0. The van der Waals surface area contributed by atoms with Crippen molar-refractivity contribution >= 4 is 11.9 Å². The minimum absolute atomic E-state index is 0.0695. The van der Waals surface area contributed by atoms with Crippen molar-refractivity contribution in [2.45, 2.75) is 44.7 Å². The number of ether oxygens (including phenoxy) is 1. The number of hydrogen-bond donors (Lipinski definition) is 1. The molecule has 23 heavy (non-hydrogen) atoms. The second kappa shape index (κ2) is 5.83. The van der Waals surface area contributed by atoms with Crippen molar-refractivity contribution in [3.05, 3.63) is 29.6 Å². The minimum Gasteiger partial charge on any atom is -0.494 e. The number of nitrogens with one attached hydrogen (secondary N) is 1. The Balaban J connectivity index is 1.82. The van der Waals surface area contributed by atoms with Crippen LogP contribution >= 0.6 is 0 Å². The van der Waals surface area contributed by atoms with E-state index in [-0.39, 0.29) is 30.2 Å². The standard InChI is InChI=1S/C17H21FN2O3/c1-11-5-3-4-8-17(11)15(21)20(16(22)19-17)10-12-6-7-14(23-2)13(18)9-12/h6-7,9,11H,3-5,8,10H2,1-2H3,(H,19,22)/t11-,17-/m1/s1. The molecule has 0 unspecified atom stereocenters. The van der Waals surface area contributed by atoms with Gasteiger partial charge in [-0.3, -0.25) is 9.69 Å². The van der Waals surface area contributed by atoms with Crippen LogP contribution in [0.1, 0.15) is 38.2 Å². The Morgan fingerprint density at radius 2 is 2.17 bits per heavy atom. The van der Waals surface area contributed by atoms with Gasteiger partial charge in [0.1, 0.15) is 5.54 Å². The molecule has 2 fully saturated rings. The fourth-order valence-corrected chi connectivity index (χ4v) is 3.63. The number of methoxy groups -OCH3 is 1. The van der Waals surface area contributed by atoms with Gasteiger partial charge in [-0.15, -0.1) is 0 Å². The summed E-state index contributed by atoms with van der Waals surface area (Å²) in [7, 11) is 1.39. The van der Waals surface area contributed by atoms with E-state index in [4.69, 9.17) is 4.74 Å². The van der Waals surface area contributed by atoms with Crippen LogP contribution in [0.5, 0.6) is 5.75 Å². The fourth-order valence-electron chi connectivity index (χ4n) is 3.63. The molecule has 3 rings (SSSR count). The number of nitrogens with zero attached hydrogens (tertiary/aromatic N) is 1. The van der Waals surface area contributed by atoms with E-state index in [9.17, 15) is 14.0 Å². The number of benzene rings is 1. The lowest BCUT2D eigenvalue weighted by Crippen LogP contribution is -2.53. The van der Waals surface area contributed by atoms with E-state index in [1.807, 2.05) is 6.92 Å². The van der Waals surface area contributed by atoms with Crippen molar-refractivity contribution in [1.29, 1.82) is 0 Å². The largest absolute Gasteiger partial charge is 0.494 e. The number of amides is 3. The van der Waals surface area contributed by atoms with Crippen LogP contribution in [0.15, 0.2) is 18.2 Å². The van der Waals surface area contributed by atoms with Gasteiger partial charge in [0.2, 0.25) is 0 Å². The number of carbonyl (C=O) groups excluding carboxylic acids is 2. The molecule has 1 N–H and O–H groups in total. The van der Waals surface area contributed by atoms with E-state index in [0.717, 1.165) is 19.3 Å². The first-order valence-electron chi connectivity index (χ1n) is 7.94. The topological polar surface area (TPSA) is 58.6 Å². The Morgan fingerprint density at radius 1 is 1.39 bits per heavy atom. The molecule has 1 spiro atoms. The maximum Gasteiger partial charge on any atom is 0.325 e. The van der Waals surface area contributed by atoms with Gasteiger partial charge in [0.05, 0.1) is 13.7 Å². The molecule has 2 atom stereocenters. The molecule has 5 nitrogen and oxygen atoms in total. The lowest BCUT2D eigenvalue weighted by molar-refractivity contribution is -0.134. The summed E-state index contributed by atoms with van der Waals surface area (Å²) in [6.45, 7) is 2.08. The SMILES string of the molecule is COc1ccc(CN2C(=O)N[C@@]3(CCCC[C@H]3C)C2=O)cc1F. The molecular weight excluding hydrogens is 299 g/mol. The molecule has 0 bridgehead atoms. The van der Waals surface area contributed by atoms with E-state index in [0.29, 0.717) is 12.0 Å². The number of hydrogen-bond acceptors (Lipinski definition) is 3. The highest BCUT2D eigenvalue weighted by Gasteiger charge is 2.54. The van der Waals surface area contributed by atoms with E-state index >= 15 is 0 Å². The summed E-state index contributed by atoms with van der Waals surface area (Å²) in [5, 5.41) is 2.90. The van der Waals surface area contributed by atoms with Crippen molar-refractivity contribution in [2.75, 3.05) is 7.11 Å². The van der Waals surface area contributed by atoms with Gasteiger partial charge in [0.25, 0.3) is 5.91 Å². The summed E-state index contributed by atoms with van der Waals surface area (Å²) in [5.74, 6) is -0.433. The number of rotatable bonds is 3. The predicted molar refractivity (Wildman–Crippen MR) is 82.4 cm³/mol. The minimum atomic E-state index is -0.777. The zero-order chi connectivity index (χ0) is 16.6. The molecule has 1 aliphatic heterocycles. The number of urea groups is 1. The van der Waals surface area contributed by atoms with Crippen LogP contribution in [-0.4, -0.2) is 29.5 Å². The van der Waals surface area contributed by atoms with Gasteiger partial charge < -0.3 is 10.1 Å². The predicted octanol–water partition coefficient (Wildman–Crippen LogP) is 2.84. The Morgan fingerprint density at radius 3 is 2.83 bits per heavy atom. The number of halogens is 1. The molecule has 1 aromatic rings. The molecule has 1 aromatic carbocycles. The summed E-state index contributed by atoms with van der Waals surface area (Å²) in [6, 6.07) is 4.08. The van der Waals surface area contributed by atoms with Crippen LogP contribution in [0.25, 0.3) is 0 Å². The smallest absolute Gasteiger partial charge is 0.325 e. The van der Waals surface area contributed by atoms with Gasteiger partial charge in [0.15, 0.2) is 11.6 Å². The maximum atomic E-state index is 13.8. The summed E-state index contributed by atoms with van der Waals surface area (Å²) < 4.78 is 18.7. The van der Waals surface area contributed by atoms with Gasteiger partial charge in [-0.25, -0.2) is 9.18 Å². The molecule has 2 aliphatic rings. The number of imide groups is 1. The lowest BCUT2D eigenvalue weighted by Gasteiger charge is -2.36. The normalized spacial score (nSPS) is 27.4. The molecule has 124 valence electrons. The molecule has 3 amide bonds. The molecule has 1 heterocycles. The Labute approximate surface area is 134 Å². The van der Waals surface area contributed by atoms with Crippen molar-refractivity contribution in [2.24, 2.45) is 5.92 Å². The third-order valence-electron chi connectivity index (χ3n) is 5.06. The molecule has 1 saturated carbocycles. The molecule has 6 heteroatoms. The Hall–Kier alpha value is -2.11. The average molecular weight is 320 g/mol. The average Bonchev–Trinajstić information content (AvgIpc) is 2.76. The highest BCUT2D eigenvalue weighted by molar-refractivity contribution is 6.07. The van der Waals surface area contributed by atoms with Crippen LogP contribution < -0.4 is 10.1 Å². The first kappa shape index (κ1) is 15.8. The van der Waals surface area contributed by atoms with Crippen LogP contribution in [0.2, 0.25) is 0 Å². The van der Waals surface area contributed by atoms with Crippen LogP contribution in [0.3, 0.4) is 0 Å². The second-order valence-corrected chi connectivity index (χ2v) is 6.41. The summed E-state index contributed by atoms with van der Waals surface area (Å²) in [6.07, 6.45) is 3.61. The highest BCUT2D eigenvalue weighted by atomic mass is 19.1. The number of carbonyl (C=O) groups is 2. The third kappa shape index (κ3) is 2.56. The van der Waals surface area contributed by atoms with Gasteiger partial charge >= 0.3 is 6.03 Å². The van der Waals surface area contributed by atoms with E-state index in [1.54, 1.807) is 6.07 Å². The van der Waals surface area contributed by atoms with E-state index in [1.165, 1.54) is 24.1 Å². The van der Waals surface area contributed by atoms with E-state index < -0.39 is 11.4 Å². The highest BCUT2D eigenvalue weighted by Crippen LogP contribution is 2.38. The van der Waals surface area contributed by atoms with Gasteiger partial charge in [-0.2, -0.15) is 0 Å². The maximum absolute atomic E-state index is 13.8. The monoisotopic (exact) mass is 320 g/mol. The second-order valence-electron chi connectivity index (χ2n) is 6.41. The van der Waals surface area contributed by atoms with Crippen molar-refractivity contribution in [3.8, 4) is 5.75 Å². The fraction of sp³-hybridized carbons (Fsp3) is 0.529. The van der Waals surface area contributed by atoms with Crippen LogP contribution in [0.4, 0.5) is 9.18 Å². The Kier molecular flexibility index (Phi) is 4.00. The first-order valence-corrected chi connectivity index (χ1v) is 7.94. The summed E-state index contributed by atoms with van der Waals surface area (Å²) in [5.41, 5.74) is -0.215. The van der Waals surface area contributed by atoms with E-state index in [2.05, 4.69) is 5.32 Å². The van der Waals surface area contributed by atoms with Crippen molar-refractivity contribution < 1.29 is 18.7 Å². The van der Waals surface area contributed by atoms with Gasteiger partial charge in [-0.05, 0) is 36.5 Å². The zero-order valence-electron chi connectivity index (χ0n) is 13.4. The zero-order valence-corrected chi connectivity index (χ0v) is 13.4. The molecule has 0 radical (unpaired) electrons. The van der Waals surface area contributed by atoms with Crippen LogP contribution in [-0.2, 0) is 11.3 Å². The van der Waals surface area contributed by atoms with Gasteiger partial charge in [0, 0.05) is 0 Å². The molecule has 0 aromatic heterocycles. The molecular formula is C17H21FN2O3. The quantitative estimate of drug-likeness (QED) is 0.871. The van der Waals surface area contributed by atoms with Crippen molar-refractivity contribution in [3.63, 3.8) is 0 Å². The van der Waals surface area contributed by atoms with Crippen LogP contribution in [0, 0.1) is 11.7 Å². The molecule has 1 aliphatic carbocycles. The van der Waals surface area contributed by atoms with Crippen molar-refractivity contribution in [1.82, 2.24) is 10.2 Å².